The molecule has 1 aromatic heterocycles. The molecule has 0 saturated carbocycles. The van der Waals surface area contributed by atoms with Gasteiger partial charge in [0.1, 0.15) is 0 Å². The minimum Gasteiger partial charge on any atom is -0.406 e. The fraction of sp³-hybridized carbons (Fsp3) is 0.316. The molecule has 0 radical (unpaired) electrons. The molecule has 4 rings (SSSR count). The van der Waals surface area contributed by atoms with Crippen molar-refractivity contribution in [2.24, 2.45) is 0 Å². The van der Waals surface area contributed by atoms with Crippen LogP contribution in [0, 0.1) is 13.8 Å². The first-order chi connectivity index (χ1) is 12.9. The Kier molecular flexibility index (Phi) is 4.32. The monoisotopic (exact) mass is 387 g/mol. The second-order valence-electron chi connectivity index (χ2n) is 6.81. The number of piperazine rings is 1. The lowest BCUT2D eigenvalue weighted by Gasteiger charge is -2.35. The maximum absolute atomic E-state index is 13.0. The lowest BCUT2D eigenvalue weighted by molar-refractivity contribution is 0.384. The Labute approximate surface area is 157 Å². The first-order valence-corrected chi connectivity index (χ1v) is 10.2. The van der Waals surface area contributed by atoms with E-state index in [1.807, 2.05) is 36.9 Å². The number of rotatable bonds is 3. The molecule has 3 aromatic rings. The number of nitrogens with zero attached hydrogens (tertiary/aromatic N) is 2. The Hall–Kier alpha value is -2.58. The molecule has 0 atom stereocenters. The van der Waals surface area contributed by atoms with Crippen molar-refractivity contribution in [1.29, 1.82) is 0 Å². The van der Waals surface area contributed by atoms with Crippen LogP contribution in [-0.4, -0.2) is 43.9 Å². The molecule has 142 valence electrons. The van der Waals surface area contributed by atoms with E-state index in [4.69, 9.17) is 4.42 Å². The van der Waals surface area contributed by atoms with E-state index in [1.165, 1.54) is 4.31 Å². The Morgan fingerprint density at radius 2 is 1.74 bits per heavy atom. The Balaban J connectivity index is 1.56. The molecule has 1 N–H and O–H groups in total. The smallest absolute Gasteiger partial charge is 0.406 e. The number of H-pyrrole nitrogens is 1. The predicted octanol–water partition coefficient (Wildman–Crippen LogP) is 2.25. The van der Waals surface area contributed by atoms with Crippen LogP contribution in [0.1, 0.15) is 11.1 Å². The molecular weight excluding hydrogens is 366 g/mol. The zero-order valence-corrected chi connectivity index (χ0v) is 16.0. The van der Waals surface area contributed by atoms with Crippen LogP contribution in [-0.2, 0) is 10.0 Å². The number of hydrogen-bond donors (Lipinski definition) is 1. The van der Waals surface area contributed by atoms with Crippen LogP contribution in [0.2, 0.25) is 0 Å². The molecule has 27 heavy (non-hydrogen) atoms. The van der Waals surface area contributed by atoms with E-state index < -0.39 is 15.8 Å². The molecule has 7 nitrogen and oxygen atoms in total. The summed E-state index contributed by atoms with van der Waals surface area (Å²) in [5.41, 5.74) is 3.98. The maximum atomic E-state index is 13.0. The molecule has 1 fully saturated rings. The maximum Gasteiger partial charge on any atom is 0.417 e. The van der Waals surface area contributed by atoms with Crippen LogP contribution >= 0.6 is 0 Å². The summed E-state index contributed by atoms with van der Waals surface area (Å²) in [5.74, 6) is -0.492. The lowest BCUT2D eigenvalue weighted by atomic mass is 10.1. The molecule has 1 aliphatic rings. The van der Waals surface area contributed by atoms with Gasteiger partial charge >= 0.3 is 5.76 Å². The summed E-state index contributed by atoms with van der Waals surface area (Å²) in [6.07, 6.45) is 0. The third-order valence-electron chi connectivity index (χ3n) is 5.12. The Bertz CT molecular complexity index is 1160. The highest BCUT2D eigenvalue weighted by atomic mass is 32.2. The summed E-state index contributed by atoms with van der Waals surface area (Å²) in [4.78, 5) is 16.5. The minimum atomic E-state index is -3.52. The van der Waals surface area contributed by atoms with Crippen molar-refractivity contribution in [1.82, 2.24) is 9.29 Å². The van der Waals surface area contributed by atoms with Crippen molar-refractivity contribution >= 4 is 26.8 Å². The first-order valence-electron chi connectivity index (χ1n) is 8.80. The SMILES string of the molecule is Cc1ccc(S(=O)(=O)N2CCN(c3cccc4[nH]c(=O)oc34)CC2)cc1C. The van der Waals surface area contributed by atoms with Gasteiger partial charge in [-0.1, -0.05) is 12.1 Å². The standard InChI is InChI=1S/C19H21N3O4S/c1-13-6-7-15(12-14(13)2)27(24,25)22-10-8-21(9-11-22)17-5-3-4-16-18(17)26-19(23)20-16/h3-7,12H,8-11H2,1-2H3,(H,20,23). The van der Waals surface area contributed by atoms with Gasteiger partial charge in [0, 0.05) is 26.2 Å². The highest BCUT2D eigenvalue weighted by Gasteiger charge is 2.29. The third-order valence-corrected chi connectivity index (χ3v) is 7.02. The van der Waals surface area contributed by atoms with E-state index in [9.17, 15) is 13.2 Å². The van der Waals surface area contributed by atoms with Crippen LogP contribution in [0.15, 0.2) is 50.5 Å². The number of aryl methyl sites for hydroxylation is 2. The number of aromatic amines is 1. The molecule has 8 heteroatoms. The number of hydrogen-bond acceptors (Lipinski definition) is 5. The quantitative estimate of drug-likeness (QED) is 0.745. The average molecular weight is 387 g/mol. The molecule has 2 heterocycles. The molecular formula is C19H21N3O4S. The molecule has 1 saturated heterocycles. The number of para-hydroxylation sites is 1. The zero-order chi connectivity index (χ0) is 19.2. The first kappa shape index (κ1) is 17.8. The number of aromatic nitrogens is 1. The van der Waals surface area contributed by atoms with Crippen molar-refractivity contribution in [3.05, 3.63) is 58.1 Å². The summed E-state index contributed by atoms with van der Waals surface area (Å²) in [6.45, 7) is 5.68. The summed E-state index contributed by atoms with van der Waals surface area (Å²) in [7, 11) is -3.52. The number of fused-ring (bicyclic) bond motifs is 1. The van der Waals surface area contributed by atoms with Crippen molar-refractivity contribution in [2.75, 3.05) is 31.1 Å². The van der Waals surface area contributed by atoms with Crippen molar-refractivity contribution in [2.45, 2.75) is 18.7 Å². The second kappa shape index (κ2) is 6.54. The average Bonchev–Trinajstić information content (AvgIpc) is 3.04. The van der Waals surface area contributed by atoms with Gasteiger partial charge in [0.25, 0.3) is 0 Å². The second-order valence-corrected chi connectivity index (χ2v) is 8.74. The van der Waals surface area contributed by atoms with Crippen LogP contribution in [0.4, 0.5) is 5.69 Å². The highest BCUT2D eigenvalue weighted by molar-refractivity contribution is 7.89. The van der Waals surface area contributed by atoms with E-state index >= 15 is 0 Å². The van der Waals surface area contributed by atoms with Crippen LogP contribution < -0.4 is 10.7 Å². The van der Waals surface area contributed by atoms with Crippen molar-refractivity contribution in [3.63, 3.8) is 0 Å². The van der Waals surface area contributed by atoms with Crippen LogP contribution in [0.25, 0.3) is 11.1 Å². The summed E-state index contributed by atoms with van der Waals surface area (Å²) >= 11 is 0. The topological polar surface area (TPSA) is 86.6 Å². The number of benzene rings is 2. The van der Waals surface area contributed by atoms with E-state index in [2.05, 4.69) is 4.98 Å². The highest BCUT2D eigenvalue weighted by Crippen LogP contribution is 2.27. The lowest BCUT2D eigenvalue weighted by Crippen LogP contribution is -2.48. The van der Waals surface area contributed by atoms with Gasteiger partial charge in [-0.2, -0.15) is 4.31 Å². The van der Waals surface area contributed by atoms with Crippen molar-refractivity contribution in [3.8, 4) is 0 Å². The van der Waals surface area contributed by atoms with Gasteiger partial charge in [-0.25, -0.2) is 13.2 Å². The van der Waals surface area contributed by atoms with E-state index in [0.717, 1.165) is 16.8 Å². The van der Waals surface area contributed by atoms with Gasteiger partial charge in [0.2, 0.25) is 10.0 Å². The molecule has 0 bridgehead atoms. The van der Waals surface area contributed by atoms with Gasteiger partial charge in [-0.15, -0.1) is 0 Å². The fourth-order valence-corrected chi connectivity index (χ4v) is 4.91. The number of anilines is 1. The molecule has 1 aliphatic heterocycles. The van der Waals surface area contributed by atoms with Crippen LogP contribution in [0.3, 0.4) is 0 Å². The number of sulfonamides is 1. The normalized spacial score (nSPS) is 16.1. The molecule has 0 unspecified atom stereocenters. The van der Waals surface area contributed by atoms with Crippen LogP contribution in [0.5, 0.6) is 0 Å². The largest absolute Gasteiger partial charge is 0.417 e. The van der Waals surface area contributed by atoms with E-state index in [0.29, 0.717) is 42.2 Å². The number of nitrogens with one attached hydrogen (secondary N) is 1. The van der Waals surface area contributed by atoms with E-state index in [1.54, 1.807) is 18.2 Å². The summed E-state index contributed by atoms with van der Waals surface area (Å²) < 4.78 is 32.7. The fourth-order valence-electron chi connectivity index (χ4n) is 3.40. The number of oxazole rings is 1. The van der Waals surface area contributed by atoms with Gasteiger partial charge in [0.05, 0.1) is 16.1 Å². The zero-order valence-electron chi connectivity index (χ0n) is 15.2. The minimum absolute atomic E-state index is 0.331. The summed E-state index contributed by atoms with van der Waals surface area (Å²) in [6, 6.07) is 10.7. The Morgan fingerprint density at radius 1 is 1.00 bits per heavy atom. The molecule has 2 aromatic carbocycles. The third kappa shape index (κ3) is 3.15. The van der Waals surface area contributed by atoms with Crippen molar-refractivity contribution < 1.29 is 12.8 Å². The molecule has 0 spiro atoms. The summed E-state index contributed by atoms with van der Waals surface area (Å²) in [5, 5.41) is 0. The van der Waals surface area contributed by atoms with E-state index in [-0.39, 0.29) is 0 Å². The molecule has 0 amide bonds. The predicted molar refractivity (Wildman–Crippen MR) is 104 cm³/mol. The molecule has 0 aliphatic carbocycles. The van der Waals surface area contributed by atoms with Gasteiger partial charge in [-0.05, 0) is 49.2 Å². The Morgan fingerprint density at radius 3 is 2.44 bits per heavy atom. The van der Waals surface area contributed by atoms with Gasteiger partial charge < -0.3 is 9.32 Å². The van der Waals surface area contributed by atoms with Gasteiger partial charge in [-0.3, -0.25) is 4.98 Å². The van der Waals surface area contributed by atoms with Gasteiger partial charge in [0.15, 0.2) is 5.58 Å².